The van der Waals surface area contributed by atoms with Crippen molar-refractivity contribution in [2.45, 2.75) is 39.8 Å². The van der Waals surface area contributed by atoms with Gasteiger partial charge < -0.3 is 19.5 Å². The molecule has 2 heterocycles. The quantitative estimate of drug-likeness (QED) is 0.883. The number of amides is 1. The summed E-state index contributed by atoms with van der Waals surface area (Å²) < 4.78 is 12.6. The number of methoxy groups -OCH3 is 1. The molecule has 1 aromatic carbocycles. The number of aromatic nitrogens is 2. The summed E-state index contributed by atoms with van der Waals surface area (Å²) in [5.41, 5.74) is 1.15. The zero-order chi connectivity index (χ0) is 19.9. The minimum atomic E-state index is -1.03. The number of rotatable bonds is 4. The molecule has 3 rings (SSSR count). The summed E-state index contributed by atoms with van der Waals surface area (Å²) in [5.74, 6) is -0.434. The average molecular weight is 375 g/mol. The number of aryl methyl sites for hydroxylation is 1. The fourth-order valence-corrected chi connectivity index (χ4v) is 3.30. The van der Waals surface area contributed by atoms with E-state index in [1.165, 1.54) is 13.2 Å². The van der Waals surface area contributed by atoms with Crippen molar-refractivity contribution in [3.05, 3.63) is 23.4 Å². The SMILES string of the molecule is COc1c(C(=O)O)ccc2nn(CC3CN(C(=O)OC(C)(C)C)C3)c(C)c12. The number of fused-ring (bicyclic) bond motifs is 1. The number of aromatic carboxylic acids is 1. The molecule has 0 saturated carbocycles. The van der Waals surface area contributed by atoms with Crippen molar-refractivity contribution in [3.63, 3.8) is 0 Å². The van der Waals surface area contributed by atoms with E-state index in [-0.39, 0.29) is 17.6 Å². The predicted octanol–water partition coefficient (Wildman–Crippen LogP) is 2.92. The van der Waals surface area contributed by atoms with Crippen LogP contribution in [-0.4, -0.2) is 57.6 Å². The molecule has 0 aliphatic carbocycles. The number of carbonyl (C=O) groups excluding carboxylic acids is 1. The molecule has 27 heavy (non-hydrogen) atoms. The van der Waals surface area contributed by atoms with Crippen LogP contribution in [-0.2, 0) is 11.3 Å². The topological polar surface area (TPSA) is 93.9 Å². The number of carbonyl (C=O) groups is 2. The monoisotopic (exact) mass is 375 g/mol. The van der Waals surface area contributed by atoms with E-state index in [4.69, 9.17) is 9.47 Å². The lowest BCUT2D eigenvalue weighted by Gasteiger charge is -2.39. The minimum absolute atomic E-state index is 0.118. The molecule has 1 fully saturated rings. The van der Waals surface area contributed by atoms with Gasteiger partial charge in [0, 0.05) is 31.2 Å². The Morgan fingerprint density at radius 3 is 2.52 bits per heavy atom. The van der Waals surface area contributed by atoms with E-state index in [0.29, 0.717) is 36.3 Å². The Morgan fingerprint density at radius 1 is 1.30 bits per heavy atom. The molecule has 0 bridgehead atoms. The minimum Gasteiger partial charge on any atom is -0.495 e. The molecule has 0 atom stereocenters. The molecule has 8 heteroatoms. The van der Waals surface area contributed by atoms with Crippen molar-refractivity contribution in [1.82, 2.24) is 14.7 Å². The molecule has 0 spiro atoms. The number of nitrogens with zero attached hydrogens (tertiary/aromatic N) is 3. The Bertz CT molecular complexity index is 891. The molecule has 2 aromatic rings. The molecule has 146 valence electrons. The summed E-state index contributed by atoms with van der Waals surface area (Å²) in [4.78, 5) is 25.1. The molecule has 1 aromatic heterocycles. The van der Waals surface area contributed by atoms with Crippen molar-refractivity contribution < 1.29 is 24.2 Å². The van der Waals surface area contributed by atoms with Crippen LogP contribution in [0, 0.1) is 12.8 Å². The van der Waals surface area contributed by atoms with Crippen LogP contribution in [0.3, 0.4) is 0 Å². The first-order chi connectivity index (χ1) is 12.6. The second kappa shape index (κ2) is 6.75. The van der Waals surface area contributed by atoms with E-state index in [0.717, 1.165) is 5.69 Å². The maximum atomic E-state index is 12.0. The summed E-state index contributed by atoms with van der Waals surface area (Å²) in [6.07, 6.45) is -0.297. The Balaban J connectivity index is 1.75. The largest absolute Gasteiger partial charge is 0.495 e. The van der Waals surface area contributed by atoms with Crippen LogP contribution in [0.25, 0.3) is 10.9 Å². The maximum absolute atomic E-state index is 12.0. The first-order valence-electron chi connectivity index (χ1n) is 8.86. The number of benzene rings is 1. The fourth-order valence-electron chi connectivity index (χ4n) is 3.30. The van der Waals surface area contributed by atoms with Gasteiger partial charge in [0.1, 0.15) is 16.9 Å². The van der Waals surface area contributed by atoms with Crippen LogP contribution in [0.15, 0.2) is 12.1 Å². The lowest BCUT2D eigenvalue weighted by molar-refractivity contribution is -0.00389. The Morgan fingerprint density at radius 2 is 1.96 bits per heavy atom. The van der Waals surface area contributed by atoms with E-state index < -0.39 is 11.6 Å². The van der Waals surface area contributed by atoms with Crippen molar-refractivity contribution in [2.24, 2.45) is 5.92 Å². The van der Waals surface area contributed by atoms with Gasteiger partial charge in [-0.1, -0.05) is 0 Å². The van der Waals surface area contributed by atoms with Crippen molar-refractivity contribution in [1.29, 1.82) is 0 Å². The highest BCUT2D eigenvalue weighted by Gasteiger charge is 2.34. The molecular formula is C19H25N3O5. The molecule has 1 amide bonds. The Hall–Kier alpha value is -2.77. The maximum Gasteiger partial charge on any atom is 0.410 e. The summed E-state index contributed by atoms with van der Waals surface area (Å²) in [5, 5.41) is 14.6. The van der Waals surface area contributed by atoms with E-state index in [9.17, 15) is 14.7 Å². The predicted molar refractivity (Wildman–Crippen MR) is 99.3 cm³/mol. The number of likely N-dealkylation sites (tertiary alicyclic amines) is 1. The molecule has 1 aliphatic heterocycles. The Kier molecular flexibility index (Phi) is 4.75. The molecule has 0 unspecified atom stereocenters. The van der Waals surface area contributed by atoms with E-state index in [2.05, 4.69) is 5.10 Å². The molecular weight excluding hydrogens is 350 g/mol. The number of hydrogen-bond acceptors (Lipinski definition) is 5. The number of carboxylic acids is 1. The lowest BCUT2D eigenvalue weighted by Crippen LogP contribution is -2.52. The third-order valence-electron chi connectivity index (χ3n) is 4.59. The number of carboxylic acid groups (broad SMARTS) is 1. The van der Waals surface area contributed by atoms with Gasteiger partial charge in [-0.05, 0) is 39.8 Å². The molecule has 1 saturated heterocycles. The van der Waals surface area contributed by atoms with Gasteiger partial charge in [0.05, 0.1) is 18.0 Å². The highest BCUT2D eigenvalue weighted by Crippen LogP contribution is 2.33. The first-order valence-corrected chi connectivity index (χ1v) is 8.86. The van der Waals surface area contributed by atoms with Gasteiger partial charge in [-0.2, -0.15) is 5.10 Å². The zero-order valence-electron chi connectivity index (χ0n) is 16.3. The smallest absolute Gasteiger partial charge is 0.410 e. The van der Waals surface area contributed by atoms with Gasteiger partial charge in [0.15, 0.2) is 0 Å². The van der Waals surface area contributed by atoms with Crippen molar-refractivity contribution in [3.8, 4) is 5.75 Å². The van der Waals surface area contributed by atoms with Gasteiger partial charge >= 0.3 is 12.1 Å². The number of ether oxygens (including phenoxy) is 2. The van der Waals surface area contributed by atoms with Gasteiger partial charge in [0.25, 0.3) is 0 Å². The van der Waals surface area contributed by atoms with Crippen molar-refractivity contribution in [2.75, 3.05) is 20.2 Å². The summed E-state index contributed by atoms with van der Waals surface area (Å²) >= 11 is 0. The van der Waals surface area contributed by atoms with Gasteiger partial charge in [-0.15, -0.1) is 0 Å². The van der Waals surface area contributed by atoms with Crippen LogP contribution >= 0.6 is 0 Å². The van der Waals surface area contributed by atoms with Gasteiger partial charge in [-0.25, -0.2) is 9.59 Å². The van der Waals surface area contributed by atoms with Crippen LogP contribution in [0.1, 0.15) is 36.8 Å². The molecule has 1 aliphatic rings. The third kappa shape index (κ3) is 3.70. The average Bonchev–Trinajstić information content (AvgIpc) is 2.83. The molecule has 1 N–H and O–H groups in total. The van der Waals surface area contributed by atoms with Gasteiger partial charge in [0.2, 0.25) is 0 Å². The summed E-state index contributed by atoms with van der Waals surface area (Å²) in [7, 11) is 1.46. The van der Waals surface area contributed by atoms with Crippen LogP contribution < -0.4 is 4.74 Å². The summed E-state index contributed by atoms with van der Waals surface area (Å²) in [6, 6.07) is 3.20. The molecule has 8 nitrogen and oxygen atoms in total. The van der Waals surface area contributed by atoms with Gasteiger partial charge in [-0.3, -0.25) is 4.68 Å². The standard InChI is InChI=1S/C19H25N3O5/c1-11-15-14(7-6-13(17(23)24)16(15)26-5)20-22(11)10-12-8-21(9-12)18(25)27-19(2,3)4/h6-7,12H,8-10H2,1-5H3,(H,23,24). The highest BCUT2D eigenvalue weighted by molar-refractivity contribution is 6.00. The second-order valence-corrected chi connectivity index (χ2v) is 7.86. The van der Waals surface area contributed by atoms with E-state index in [1.807, 2.05) is 32.4 Å². The van der Waals surface area contributed by atoms with Crippen LogP contribution in [0.4, 0.5) is 4.79 Å². The second-order valence-electron chi connectivity index (χ2n) is 7.86. The third-order valence-corrected chi connectivity index (χ3v) is 4.59. The van der Waals surface area contributed by atoms with Crippen molar-refractivity contribution >= 4 is 23.0 Å². The molecule has 0 radical (unpaired) electrons. The van der Waals surface area contributed by atoms with E-state index in [1.54, 1.807) is 11.0 Å². The van der Waals surface area contributed by atoms with Crippen LogP contribution in [0.5, 0.6) is 5.75 Å². The zero-order valence-corrected chi connectivity index (χ0v) is 16.3. The fraction of sp³-hybridized carbons (Fsp3) is 0.526. The summed E-state index contributed by atoms with van der Waals surface area (Å²) in [6.45, 7) is 9.31. The Labute approximate surface area is 157 Å². The highest BCUT2D eigenvalue weighted by atomic mass is 16.6. The van der Waals surface area contributed by atoms with Crippen LogP contribution in [0.2, 0.25) is 0 Å². The first kappa shape index (κ1) is 19.0. The number of hydrogen-bond donors (Lipinski definition) is 1. The lowest BCUT2D eigenvalue weighted by atomic mass is 10.0. The van der Waals surface area contributed by atoms with E-state index >= 15 is 0 Å². The normalized spacial score (nSPS) is 14.9.